The van der Waals surface area contributed by atoms with Crippen LogP contribution in [0.3, 0.4) is 0 Å². The first-order chi connectivity index (χ1) is 7.46. The zero-order valence-corrected chi connectivity index (χ0v) is 9.70. The Morgan fingerprint density at radius 1 is 1.56 bits per heavy atom. The highest BCUT2D eigenvalue weighted by atomic mass is 16.6. The Bertz CT molecular complexity index is 344. The molecule has 0 amide bonds. The molecule has 1 N–H and O–H groups in total. The maximum absolute atomic E-state index is 11.7. The molecular formula is C11H16O5. The van der Waals surface area contributed by atoms with Crippen LogP contribution in [0.2, 0.25) is 0 Å². The van der Waals surface area contributed by atoms with Crippen LogP contribution in [0.1, 0.15) is 27.2 Å². The molecule has 1 aliphatic heterocycles. The maximum atomic E-state index is 11.7. The molecule has 0 aliphatic carbocycles. The number of carbonyl (C=O) groups excluding carboxylic acids is 2. The number of aliphatic hydroxyl groups is 1. The van der Waals surface area contributed by atoms with Crippen molar-refractivity contribution < 1.29 is 24.2 Å². The fourth-order valence-corrected chi connectivity index (χ4v) is 1.70. The van der Waals surface area contributed by atoms with Crippen molar-refractivity contribution in [3.05, 3.63) is 11.3 Å². The van der Waals surface area contributed by atoms with Gasteiger partial charge in [0.1, 0.15) is 5.76 Å². The summed E-state index contributed by atoms with van der Waals surface area (Å²) in [5.41, 5.74) is -0.997. The SMILES string of the molecule is CCOC(=O)C1(CO)CC(C(C)=O)=C(C)O1. The number of hydrogen-bond acceptors (Lipinski definition) is 5. The van der Waals surface area contributed by atoms with E-state index in [9.17, 15) is 14.7 Å². The van der Waals surface area contributed by atoms with Gasteiger partial charge in [-0.3, -0.25) is 4.79 Å². The van der Waals surface area contributed by atoms with E-state index in [0.717, 1.165) is 0 Å². The van der Waals surface area contributed by atoms with E-state index in [-0.39, 0.29) is 18.8 Å². The summed E-state index contributed by atoms with van der Waals surface area (Å²) < 4.78 is 10.2. The monoisotopic (exact) mass is 228 g/mol. The molecule has 0 saturated heterocycles. The minimum atomic E-state index is -1.43. The molecule has 0 saturated carbocycles. The zero-order chi connectivity index (χ0) is 12.3. The number of esters is 1. The third-order valence-corrected chi connectivity index (χ3v) is 2.56. The van der Waals surface area contributed by atoms with Crippen LogP contribution in [0, 0.1) is 0 Å². The predicted molar refractivity (Wildman–Crippen MR) is 55.5 cm³/mol. The van der Waals surface area contributed by atoms with Crippen LogP contribution >= 0.6 is 0 Å². The molecule has 1 atom stereocenters. The number of carbonyl (C=O) groups is 2. The van der Waals surface area contributed by atoms with E-state index < -0.39 is 18.2 Å². The smallest absolute Gasteiger partial charge is 0.353 e. The quantitative estimate of drug-likeness (QED) is 0.712. The van der Waals surface area contributed by atoms with Crippen LogP contribution < -0.4 is 0 Å². The average Bonchev–Trinajstić information content (AvgIpc) is 2.57. The van der Waals surface area contributed by atoms with Crippen molar-refractivity contribution >= 4 is 11.8 Å². The Hall–Kier alpha value is -1.36. The molecule has 0 bridgehead atoms. The average molecular weight is 228 g/mol. The first kappa shape index (κ1) is 12.7. The lowest BCUT2D eigenvalue weighted by Gasteiger charge is -2.24. The third kappa shape index (κ3) is 2.09. The van der Waals surface area contributed by atoms with Gasteiger partial charge in [0.05, 0.1) is 13.2 Å². The first-order valence-electron chi connectivity index (χ1n) is 5.14. The van der Waals surface area contributed by atoms with Gasteiger partial charge in [-0.25, -0.2) is 4.79 Å². The van der Waals surface area contributed by atoms with E-state index in [0.29, 0.717) is 11.3 Å². The minimum Gasteiger partial charge on any atom is -0.477 e. The van der Waals surface area contributed by atoms with Gasteiger partial charge in [0.25, 0.3) is 0 Å². The molecule has 5 nitrogen and oxygen atoms in total. The Kier molecular flexibility index (Phi) is 3.70. The molecule has 1 unspecified atom stereocenters. The second-order valence-corrected chi connectivity index (χ2v) is 3.74. The van der Waals surface area contributed by atoms with E-state index in [4.69, 9.17) is 9.47 Å². The number of ether oxygens (including phenoxy) is 2. The van der Waals surface area contributed by atoms with Gasteiger partial charge in [-0.2, -0.15) is 0 Å². The van der Waals surface area contributed by atoms with Crippen molar-refractivity contribution in [3.63, 3.8) is 0 Å². The second-order valence-electron chi connectivity index (χ2n) is 3.74. The summed E-state index contributed by atoms with van der Waals surface area (Å²) in [5.74, 6) is -0.403. The molecule has 1 heterocycles. The number of rotatable bonds is 4. The number of aliphatic hydroxyl groups excluding tert-OH is 1. The molecular weight excluding hydrogens is 212 g/mol. The summed E-state index contributed by atoms with van der Waals surface area (Å²) in [4.78, 5) is 22.9. The normalized spacial score (nSPS) is 24.2. The molecule has 90 valence electrons. The lowest BCUT2D eigenvalue weighted by atomic mass is 9.96. The number of allylic oxidation sites excluding steroid dienone is 1. The Morgan fingerprint density at radius 3 is 2.56 bits per heavy atom. The van der Waals surface area contributed by atoms with Crippen molar-refractivity contribution in [2.75, 3.05) is 13.2 Å². The molecule has 0 spiro atoms. The van der Waals surface area contributed by atoms with E-state index in [1.54, 1.807) is 13.8 Å². The fraction of sp³-hybridized carbons (Fsp3) is 0.636. The van der Waals surface area contributed by atoms with Crippen molar-refractivity contribution in [3.8, 4) is 0 Å². The number of Topliss-reactive ketones (excluding diaryl/α,β-unsaturated/α-hetero) is 1. The van der Waals surface area contributed by atoms with Gasteiger partial charge in [0, 0.05) is 12.0 Å². The lowest BCUT2D eigenvalue weighted by molar-refractivity contribution is -0.169. The van der Waals surface area contributed by atoms with Crippen LogP contribution in [0.4, 0.5) is 0 Å². The van der Waals surface area contributed by atoms with Crippen molar-refractivity contribution in [1.29, 1.82) is 0 Å². The van der Waals surface area contributed by atoms with E-state index >= 15 is 0 Å². The summed E-state index contributed by atoms with van der Waals surface area (Å²) in [7, 11) is 0. The van der Waals surface area contributed by atoms with Gasteiger partial charge in [0.2, 0.25) is 5.60 Å². The van der Waals surface area contributed by atoms with Gasteiger partial charge in [0.15, 0.2) is 5.78 Å². The summed E-state index contributed by atoms with van der Waals surface area (Å²) in [6, 6.07) is 0. The van der Waals surface area contributed by atoms with Gasteiger partial charge in [-0.15, -0.1) is 0 Å². The third-order valence-electron chi connectivity index (χ3n) is 2.56. The molecule has 5 heteroatoms. The summed E-state index contributed by atoms with van der Waals surface area (Å²) in [5, 5.41) is 9.27. The minimum absolute atomic E-state index is 0.0729. The fourth-order valence-electron chi connectivity index (χ4n) is 1.70. The lowest BCUT2D eigenvalue weighted by Crippen LogP contribution is -2.44. The molecule has 1 rings (SSSR count). The molecule has 0 aromatic rings. The van der Waals surface area contributed by atoms with Crippen LogP contribution in [0.5, 0.6) is 0 Å². The van der Waals surface area contributed by atoms with Gasteiger partial charge in [-0.05, 0) is 20.8 Å². The topological polar surface area (TPSA) is 72.8 Å². The van der Waals surface area contributed by atoms with E-state index in [1.807, 2.05) is 0 Å². The van der Waals surface area contributed by atoms with E-state index in [2.05, 4.69) is 0 Å². The van der Waals surface area contributed by atoms with Gasteiger partial charge in [-0.1, -0.05) is 0 Å². The molecule has 0 aromatic heterocycles. The number of ketones is 1. The Morgan fingerprint density at radius 2 is 2.19 bits per heavy atom. The van der Waals surface area contributed by atoms with Crippen molar-refractivity contribution in [2.45, 2.75) is 32.8 Å². The second kappa shape index (κ2) is 4.65. The summed E-state index contributed by atoms with van der Waals surface area (Å²) in [6.45, 7) is 4.39. The molecule has 0 radical (unpaired) electrons. The zero-order valence-electron chi connectivity index (χ0n) is 9.70. The van der Waals surface area contributed by atoms with Gasteiger partial charge >= 0.3 is 5.97 Å². The number of hydrogen-bond donors (Lipinski definition) is 1. The van der Waals surface area contributed by atoms with Crippen molar-refractivity contribution in [2.24, 2.45) is 0 Å². The van der Waals surface area contributed by atoms with E-state index in [1.165, 1.54) is 6.92 Å². The predicted octanol–water partition coefficient (Wildman–Crippen LogP) is 0.564. The standard InChI is InChI=1S/C11H16O5/c1-4-15-10(14)11(6-12)5-9(7(2)13)8(3)16-11/h12H,4-6H2,1-3H3. The molecule has 16 heavy (non-hydrogen) atoms. The largest absolute Gasteiger partial charge is 0.477 e. The van der Waals surface area contributed by atoms with Crippen LogP contribution in [-0.4, -0.2) is 35.7 Å². The maximum Gasteiger partial charge on any atom is 0.353 e. The summed E-state index contributed by atoms with van der Waals surface area (Å²) >= 11 is 0. The van der Waals surface area contributed by atoms with Crippen molar-refractivity contribution in [1.82, 2.24) is 0 Å². The Labute approximate surface area is 94.0 Å². The highest BCUT2D eigenvalue weighted by Gasteiger charge is 2.48. The highest BCUT2D eigenvalue weighted by Crippen LogP contribution is 2.35. The van der Waals surface area contributed by atoms with Gasteiger partial charge < -0.3 is 14.6 Å². The highest BCUT2D eigenvalue weighted by molar-refractivity contribution is 5.96. The molecule has 0 aromatic carbocycles. The van der Waals surface area contributed by atoms with Crippen LogP contribution in [0.25, 0.3) is 0 Å². The summed E-state index contributed by atoms with van der Waals surface area (Å²) in [6.07, 6.45) is 0.0729. The van der Waals surface area contributed by atoms with Crippen LogP contribution in [0.15, 0.2) is 11.3 Å². The first-order valence-corrected chi connectivity index (χ1v) is 5.14. The Balaban J connectivity index is 2.90. The molecule has 1 aliphatic rings. The van der Waals surface area contributed by atoms with Crippen LogP contribution in [-0.2, 0) is 19.1 Å². The molecule has 0 fully saturated rings.